The summed E-state index contributed by atoms with van der Waals surface area (Å²) in [6.45, 7) is 4.25. The second kappa shape index (κ2) is 9.33. The van der Waals surface area contributed by atoms with E-state index in [1.165, 1.54) is 11.8 Å². The van der Waals surface area contributed by atoms with Crippen LogP contribution in [0.4, 0.5) is 5.69 Å². The number of benzene rings is 2. The third-order valence-electron chi connectivity index (χ3n) is 4.52. The van der Waals surface area contributed by atoms with E-state index in [-0.39, 0.29) is 24.6 Å². The van der Waals surface area contributed by atoms with Gasteiger partial charge in [0.05, 0.1) is 11.4 Å². The molecule has 0 unspecified atom stereocenters. The van der Waals surface area contributed by atoms with Crippen molar-refractivity contribution < 1.29 is 9.59 Å². The van der Waals surface area contributed by atoms with Crippen LogP contribution in [-0.4, -0.2) is 44.3 Å². The van der Waals surface area contributed by atoms with Gasteiger partial charge in [-0.05, 0) is 53.6 Å². The maximum Gasteiger partial charge on any atom is 0.237 e. The predicted octanol–water partition coefficient (Wildman–Crippen LogP) is 2.28. The number of anilines is 1. The molecule has 0 fully saturated rings. The van der Waals surface area contributed by atoms with Gasteiger partial charge in [-0.1, -0.05) is 42.1 Å². The van der Waals surface area contributed by atoms with Gasteiger partial charge in [0.15, 0.2) is 0 Å². The molecule has 0 bridgehead atoms. The van der Waals surface area contributed by atoms with Crippen LogP contribution in [0.2, 0.25) is 0 Å². The summed E-state index contributed by atoms with van der Waals surface area (Å²) in [5.74, 6) is -0.484. The molecule has 1 heterocycles. The van der Waals surface area contributed by atoms with Crippen molar-refractivity contribution in [2.24, 2.45) is 5.73 Å². The Kier molecular flexibility index (Phi) is 6.61. The second-order valence-corrected chi connectivity index (χ2v) is 7.42. The molecule has 2 amide bonds. The first kappa shape index (κ1) is 20.5. The Labute approximate surface area is 173 Å². The molecule has 1 aromatic heterocycles. The highest BCUT2D eigenvalue weighted by Gasteiger charge is 2.19. The van der Waals surface area contributed by atoms with E-state index in [4.69, 9.17) is 5.73 Å². The van der Waals surface area contributed by atoms with Gasteiger partial charge >= 0.3 is 0 Å². The van der Waals surface area contributed by atoms with Gasteiger partial charge in [0.2, 0.25) is 17.0 Å². The topological polar surface area (TPSA) is 107 Å². The lowest BCUT2D eigenvalue weighted by molar-refractivity contribution is -0.118. The Bertz CT molecular complexity index is 1010. The third kappa shape index (κ3) is 5.00. The zero-order valence-electron chi connectivity index (χ0n) is 16.3. The van der Waals surface area contributed by atoms with Crippen molar-refractivity contribution in [2.45, 2.75) is 25.4 Å². The number of carbonyl (C=O) groups excluding carboxylic acids is 2. The van der Waals surface area contributed by atoms with Gasteiger partial charge < -0.3 is 10.6 Å². The normalized spacial score (nSPS) is 10.7. The van der Waals surface area contributed by atoms with Crippen LogP contribution in [0.5, 0.6) is 0 Å². The number of carbonyl (C=O) groups is 2. The van der Waals surface area contributed by atoms with Crippen molar-refractivity contribution in [1.82, 2.24) is 20.2 Å². The molecule has 2 aromatic carbocycles. The number of thioether (sulfide) groups is 1. The van der Waals surface area contributed by atoms with Crippen molar-refractivity contribution in [3.05, 3.63) is 59.7 Å². The number of hydrogen-bond donors (Lipinski definition) is 1. The van der Waals surface area contributed by atoms with Crippen LogP contribution in [0.3, 0.4) is 0 Å². The fourth-order valence-electron chi connectivity index (χ4n) is 2.82. The molecule has 3 aromatic rings. The zero-order valence-corrected chi connectivity index (χ0v) is 17.1. The molecule has 0 radical (unpaired) electrons. The smallest absolute Gasteiger partial charge is 0.237 e. The quantitative estimate of drug-likeness (QED) is 0.571. The van der Waals surface area contributed by atoms with Crippen LogP contribution >= 0.6 is 11.8 Å². The largest absolute Gasteiger partial charge is 0.370 e. The number of para-hydroxylation sites is 1. The highest BCUT2D eigenvalue weighted by molar-refractivity contribution is 7.99. The SMILES string of the molecule is Cc1cccc(-n2nnnc2SCC(=O)N(CCC(N)=O)c2ccccc2)c1C. The maximum atomic E-state index is 12.9. The number of nitrogens with zero attached hydrogens (tertiary/aromatic N) is 5. The minimum atomic E-state index is -0.453. The first-order valence-electron chi connectivity index (χ1n) is 9.09. The van der Waals surface area contributed by atoms with Crippen LogP contribution < -0.4 is 10.6 Å². The van der Waals surface area contributed by atoms with Crippen molar-refractivity contribution >= 4 is 29.3 Å². The van der Waals surface area contributed by atoms with Crippen LogP contribution in [-0.2, 0) is 9.59 Å². The third-order valence-corrected chi connectivity index (χ3v) is 5.42. The monoisotopic (exact) mass is 410 g/mol. The summed E-state index contributed by atoms with van der Waals surface area (Å²) in [6, 6.07) is 15.1. The highest BCUT2D eigenvalue weighted by Crippen LogP contribution is 2.23. The van der Waals surface area contributed by atoms with E-state index >= 15 is 0 Å². The molecule has 0 aliphatic carbocycles. The fourth-order valence-corrected chi connectivity index (χ4v) is 3.58. The lowest BCUT2D eigenvalue weighted by atomic mass is 10.1. The standard InChI is InChI=1S/C20H22N6O2S/c1-14-7-6-10-17(15(14)2)26-20(22-23-24-26)29-13-19(28)25(12-11-18(21)27)16-8-4-3-5-9-16/h3-10H,11-13H2,1-2H3,(H2,21,27). The van der Waals surface area contributed by atoms with Gasteiger partial charge in [-0.2, -0.15) is 4.68 Å². The van der Waals surface area contributed by atoms with Crippen molar-refractivity contribution in [2.75, 3.05) is 17.2 Å². The first-order chi connectivity index (χ1) is 14.0. The number of hydrogen-bond acceptors (Lipinski definition) is 6. The number of rotatable bonds is 8. The summed E-state index contributed by atoms with van der Waals surface area (Å²) in [5.41, 5.74) is 9.06. The van der Waals surface area contributed by atoms with Gasteiger partial charge in [0.1, 0.15) is 0 Å². The number of primary amides is 1. The molecule has 0 spiro atoms. The minimum absolute atomic E-state index is 0.0888. The summed E-state index contributed by atoms with van der Waals surface area (Å²) < 4.78 is 1.64. The van der Waals surface area contributed by atoms with Crippen LogP contribution in [0.1, 0.15) is 17.5 Å². The Balaban J connectivity index is 1.76. The van der Waals surface area contributed by atoms with E-state index in [0.29, 0.717) is 10.8 Å². The van der Waals surface area contributed by atoms with Crippen LogP contribution in [0.25, 0.3) is 5.69 Å². The molecule has 0 aliphatic heterocycles. The molecule has 0 saturated carbocycles. The molecule has 3 rings (SSSR count). The summed E-state index contributed by atoms with van der Waals surface area (Å²) in [6.07, 6.45) is 0.0888. The van der Waals surface area contributed by atoms with E-state index in [2.05, 4.69) is 15.5 Å². The molecule has 0 aliphatic rings. The van der Waals surface area contributed by atoms with E-state index in [0.717, 1.165) is 16.8 Å². The van der Waals surface area contributed by atoms with E-state index in [1.54, 1.807) is 9.58 Å². The Morgan fingerprint density at radius 1 is 1.10 bits per heavy atom. The molecule has 2 N–H and O–H groups in total. The minimum Gasteiger partial charge on any atom is -0.370 e. The lowest BCUT2D eigenvalue weighted by Crippen LogP contribution is -2.35. The van der Waals surface area contributed by atoms with Crippen molar-refractivity contribution in [1.29, 1.82) is 0 Å². The molecular weight excluding hydrogens is 388 g/mol. The lowest BCUT2D eigenvalue weighted by Gasteiger charge is -2.22. The second-order valence-electron chi connectivity index (χ2n) is 6.48. The van der Waals surface area contributed by atoms with Crippen molar-refractivity contribution in [3.8, 4) is 5.69 Å². The van der Waals surface area contributed by atoms with Gasteiger partial charge in [-0.25, -0.2) is 0 Å². The van der Waals surface area contributed by atoms with Gasteiger partial charge in [0, 0.05) is 18.7 Å². The molecule has 29 heavy (non-hydrogen) atoms. The van der Waals surface area contributed by atoms with E-state index in [1.807, 2.05) is 62.4 Å². The van der Waals surface area contributed by atoms with E-state index in [9.17, 15) is 9.59 Å². The first-order valence-corrected chi connectivity index (χ1v) is 10.1. The number of tetrazole rings is 1. The Morgan fingerprint density at radius 2 is 1.86 bits per heavy atom. The summed E-state index contributed by atoms with van der Waals surface area (Å²) in [5, 5.41) is 12.4. The summed E-state index contributed by atoms with van der Waals surface area (Å²) in [4.78, 5) is 25.7. The average molecular weight is 411 g/mol. The number of aryl methyl sites for hydroxylation is 1. The number of aromatic nitrogens is 4. The van der Waals surface area contributed by atoms with Crippen molar-refractivity contribution in [3.63, 3.8) is 0 Å². The molecular formula is C20H22N6O2S. The van der Waals surface area contributed by atoms with Crippen LogP contribution in [0.15, 0.2) is 53.7 Å². The molecule has 0 saturated heterocycles. The van der Waals surface area contributed by atoms with Gasteiger partial charge in [-0.3, -0.25) is 9.59 Å². The summed E-state index contributed by atoms with van der Waals surface area (Å²) in [7, 11) is 0. The van der Waals surface area contributed by atoms with Crippen LogP contribution in [0, 0.1) is 13.8 Å². The molecule has 150 valence electrons. The number of nitrogens with two attached hydrogens (primary N) is 1. The van der Waals surface area contributed by atoms with Gasteiger partial charge in [0.25, 0.3) is 0 Å². The molecule has 9 heteroatoms. The fraction of sp³-hybridized carbons (Fsp3) is 0.250. The average Bonchev–Trinajstić information content (AvgIpc) is 3.17. The number of amides is 2. The summed E-state index contributed by atoms with van der Waals surface area (Å²) >= 11 is 1.25. The highest BCUT2D eigenvalue weighted by atomic mass is 32.2. The Morgan fingerprint density at radius 3 is 2.59 bits per heavy atom. The molecule has 0 atom stereocenters. The maximum absolute atomic E-state index is 12.9. The predicted molar refractivity (Wildman–Crippen MR) is 112 cm³/mol. The zero-order chi connectivity index (χ0) is 20.8. The van der Waals surface area contributed by atoms with E-state index < -0.39 is 5.91 Å². The Hall–Kier alpha value is -3.20. The van der Waals surface area contributed by atoms with Gasteiger partial charge in [-0.15, -0.1) is 5.10 Å². The molecule has 8 nitrogen and oxygen atoms in total.